The Balaban J connectivity index is 1.71. The van der Waals surface area contributed by atoms with E-state index in [0.717, 1.165) is 39.1 Å². The third-order valence-corrected chi connectivity index (χ3v) is 5.39. The van der Waals surface area contributed by atoms with Gasteiger partial charge in [0.2, 0.25) is 0 Å². The summed E-state index contributed by atoms with van der Waals surface area (Å²) in [5.74, 6) is 0.659. The first-order chi connectivity index (χ1) is 15.1. The molecule has 0 fully saturated rings. The summed E-state index contributed by atoms with van der Waals surface area (Å²) >= 11 is 0. The number of hydrogen-bond acceptors (Lipinski definition) is 5. The van der Waals surface area contributed by atoms with Crippen LogP contribution < -0.4 is 0 Å². The number of para-hydroxylation sites is 1. The van der Waals surface area contributed by atoms with Crippen molar-refractivity contribution in [2.75, 3.05) is 7.11 Å². The van der Waals surface area contributed by atoms with Gasteiger partial charge in [0.25, 0.3) is 0 Å². The molecular weight excluding hydrogens is 392 g/mol. The number of aromatic amines is 2. The molecule has 1 aliphatic rings. The van der Waals surface area contributed by atoms with Crippen molar-refractivity contribution in [1.29, 1.82) is 0 Å². The van der Waals surface area contributed by atoms with Gasteiger partial charge < -0.3 is 19.2 Å². The lowest BCUT2D eigenvalue weighted by atomic mass is 10.0. The lowest BCUT2D eigenvalue weighted by Gasteiger charge is -2.01. The number of aliphatic imine (C=N–C) groups is 1. The van der Waals surface area contributed by atoms with Gasteiger partial charge in [0.15, 0.2) is 12.0 Å². The molecule has 0 saturated carbocycles. The van der Waals surface area contributed by atoms with Crippen molar-refractivity contribution < 1.29 is 14.1 Å². The van der Waals surface area contributed by atoms with Gasteiger partial charge in [-0.2, -0.15) is 0 Å². The maximum atomic E-state index is 11.5. The Hall–Kier alpha value is -4.13. The molecule has 7 heteroatoms. The number of carbonyl (C=O) groups excluding carboxylic acids is 1. The van der Waals surface area contributed by atoms with Crippen molar-refractivity contribution in [3.63, 3.8) is 0 Å². The van der Waals surface area contributed by atoms with E-state index in [1.54, 1.807) is 7.11 Å². The normalized spacial score (nSPS) is 14.9. The number of fused-ring (bicyclic) bond motifs is 1. The smallest absolute Gasteiger partial charge is 0.172 e. The number of methoxy groups -OCH3 is 1. The maximum Gasteiger partial charge on any atom is 0.172 e. The van der Waals surface area contributed by atoms with E-state index in [1.165, 1.54) is 6.26 Å². The number of benzene rings is 1. The molecule has 0 radical (unpaired) electrons. The van der Waals surface area contributed by atoms with Crippen LogP contribution in [-0.2, 0) is 4.74 Å². The molecule has 154 valence electrons. The molecule has 1 aromatic carbocycles. The summed E-state index contributed by atoms with van der Waals surface area (Å²) in [5, 5.41) is 4.78. The fraction of sp³-hybridized carbons (Fsp3) is 0.125. The van der Waals surface area contributed by atoms with Gasteiger partial charge in [-0.1, -0.05) is 23.4 Å². The van der Waals surface area contributed by atoms with Gasteiger partial charge in [-0.25, -0.2) is 4.99 Å². The average Bonchev–Trinajstić information content (AvgIpc) is 3.52. The van der Waals surface area contributed by atoms with Crippen molar-refractivity contribution in [3.05, 3.63) is 82.5 Å². The molecule has 2 N–H and O–H groups in total. The summed E-state index contributed by atoms with van der Waals surface area (Å²) < 4.78 is 10.7. The highest BCUT2D eigenvalue weighted by molar-refractivity contribution is 6.19. The molecule has 4 aromatic rings. The van der Waals surface area contributed by atoms with Crippen LogP contribution in [0.5, 0.6) is 0 Å². The van der Waals surface area contributed by atoms with Crippen LogP contribution in [0.4, 0.5) is 0 Å². The summed E-state index contributed by atoms with van der Waals surface area (Å²) in [6.45, 7) is 4.07. The molecule has 0 amide bonds. The molecule has 7 nitrogen and oxygen atoms in total. The fourth-order valence-corrected chi connectivity index (χ4v) is 3.98. The second kappa shape index (κ2) is 7.28. The molecule has 4 heterocycles. The summed E-state index contributed by atoms with van der Waals surface area (Å²) in [6.07, 6.45) is 6.04. The van der Waals surface area contributed by atoms with Crippen molar-refractivity contribution in [2.24, 2.45) is 4.99 Å². The highest BCUT2D eigenvalue weighted by Crippen LogP contribution is 2.36. The van der Waals surface area contributed by atoms with E-state index in [4.69, 9.17) is 14.3 Å². The summed E-state index contributed by atoms with van der Waals surface area (Å²) in [6, 6.07) is 9.96. The minimum absolute atomic E-state index is 0.244. The van der Waals surface area contributed by atoms with E-state index < -0.39 is 0 Å². The summed E-state index contributed by atoms with van der Waals surface area (Å²) in [5.41, 5.74) is 7.99. The molecule has 0 saturated heterocycles. The third-order valence-electron chi connectivity index (χ3n) is 5.39. The van der Waals surface area contributed by atoms with Gasteiger partial charge >= 0.3 is 0 Å². The SMILES string of the molecule is COC1=CC(c2[nH]c3ccccc3c2-c2conc2C=O)=NC1=Cc1[nH]c(C)cc1C. The number of aromatic nitrogens is 3. The second-order valence-electron chi connectivity index (χ2n) is 7.44. The Bertz CT molecular complexity index is 1410. The fourth-order valence-electron chi connectivity index (χ4n) is 3.98. The Morgan fingerprint density at radius 2 is 2.00 bits per heavy atom. The van der Waals surface area contributed by atoms with Gasteiger partial charge in [0.05, 0.1) is 24.1 Å². The van der Waals surface area contributed by atoms with E-state index in [1.807, 2.05) is 50.3 Å². The van der Waals surface area contributed by atoms with Crippen molar-refractivity contribution in [1.82, 2.24) is 15.1 Å². The lowest BCUT2D eigenvalue weighted by molar-refractivity contribution is 0.111. The van der Waals surface area contributed by atoms with E-state index in [2.05, 4.69) is 21.2 Å². The number of allylic oxidation sites excluding steroid dienone is 1. The predicted molar refractivity (Wildman–Crippen MR) is 119 cm³/mol. The number of nitrogens with zero attached hydrogens (tertiary/aromatic N) is 2. The minimum Gasteiger partial charge on any atom is -0.494 e. The molecule has 31 heavy (non-hydrogen) atoms. The van der Waals surface area contributed by atoms with Gasteiger partial charge in [0.1, 0.15) is 17.7 Å². The highest BCUT2D eigenvalue weighted by atomic mass is 16.5. The van der Waals surface area contributed by atoms with Crippen LogP contribution >= 0.6 is 0 Å². The largest absolute Gasteiger partial charge is 0.494 e. The van der Waals surface area contributed by atoms with Crippen molar-refractivity contribution in [2.45, 2.75) is 13.8 Å². The maximum absolute atomic E-state index is 11.5. The van der Waals surface area contributed by atoms with E-state index in [0.29, 0.717) is 29.0 Å². The van der Waals surface area contributed by atoms with E-state index in [9.17, 15) is 4.79 Å². The minimum atomic E-state index is 0.244. The summed E-state index contributed by atoms with van der Waals surface area (Å²) in [7, 11) is 1.63. The molecule has 0 spiro atoms. The van der Waals surface area contributed by atoms with E-state index in [-0.39, 0.29) is 5.69 Å². The first kappa shape index (κ1) is 18.9. The highest BCUT2D eigenvalue weighted by Gasteiger charge is 2.25. The Morgan fingerprint density at radius 1 is 1.16 bits per heavy atom. The monoisotopic (exact) mass is 412 g/mol. The molecule has 1 aliphatic heterocycles. The summed E-state index contributed by atoms with van der Waals surface area (Å²) in [4.78, 5) is 23.2. The zero-order chi connectivity index (χ0) is 21.5. The van der Waals surface area contributed by atoms with Crippen molar-refractivity contribution >= 4 is 29.0 Å². The van der Waals surface area contributed by atoms with Crippen LogP contribution in [0.1, 0.15) is 33.1 Å². The Labute approximate surface area is 178 Å². The van der Waals surface area contributed by atoms with E-state index >= 15 is 0 Å². The molecular formula is C24H20N4O3. The Morgan fingerprint density at radius 3 is 2.74 bits per heavy atom. The van der Waals surface area contributed by atoms with Crippen LogP contribution in [0.25, 0.3) is 28.1 Å². The zero-order valence-corrected chi connectivity index (χ0v) is 17.3. The number of nitrogens with one attached hydrogen (secondary N) is 2. The van der Waals surface area contributed by atoms with Gasteiger partial charge in [-0.05, 0) is 37.6 Å². The lowest BCUT2D eigenvalue weighted by Crippen LogP contribution is -1.98. The quantitative estimate of drug-likeness (QED) is 0.453. The number of ether oxygens (including phenoxy) is 1. The van der Waals surface area contributed by atoms with Crippen LogP contribution in [0, 0.1) is 13.8 Å². The van der Waals surface area contributed by atoms with Gasteiger partial charge in [0, 0.05) is 33.9 Å². The zero-order valence-electron chi connectivity index (χ0n) is 17.3. The number of carbonyl (C=O) groups is 1. The first-order valence-corrected chi connectivity index (χ1v) is 9.82. The molecule has 3 aromatic heterocycles. The van der Waals surface area contributed by atoms with Gasteiger partial charge in [-0.15, -0.1) is 0 Å². The number of rotatable bonds is 5. The first-order valence-electron chi connectivity index (χ1n) is 9.82. The molecule has 0 aliphatic carbocycles. The van der Waals surface area contributed by atoms with Crippen LogP contribution in [0.2, 0.25) is 0 Å². The average molecular weight is 412 g/mol. The standard InChI is InChI=1S/C24H20N4O3/c1-13-8-14(2)25-18(13)9-19-22(30-3)10-20(26-19)24-23(16-12-31-28-21(16)11-29)15-6-4-5-7-17(15)27-24/h4-12,25,27H,1-3H3. The van der Waals surface area contributed by atoms with Crippen LogP contribution in [-0.4, -0.2) is 34.2 Å². The predicted octanol–water partition coefficient (Wildman–Crippen LogP) is 4.95. The van der Waals surface area contributed by atoms with Crippen molar-refractivity contribution in [3.8, 4) is 11.1 Å². The third kappa shape index (κ3) is 3.11. The number of hydrogen-bond donors (Lipinski definition) is 2. The topological polar surface area (TPSA) is 96.3 Å². The van der Waals surface area contributed by atoms with Crippen LogP contribution in [0.15, 0.2) is 63.6 Å². The second-order valence-corrected chi connectivity index (χ2v) is 7.44. The Kier molecular flexibility index (Phi) is 4.43. The molecule has 0 bridgehead atoms. The number of H-pyrrole nitrogens is 2. The molecule has 5 rings (SSSR count). The van der Waals surface area contributed by atoms with Crippen LogP contribution in [0.3, 0.4) is 0 Å². The van der Waals surface area contributed by atoms with Gasteiger partial charge in [-0.3, -0.25) is 4.79 Å². The number of aryl methyl sites for hydroxylation is 2. The number of aldehydes is 1. The molecule has 0 unspecified atom stereocenters. The molecule has 0 atom stereocenters.